The summed E-state index contributed by atoms with van der Waals surface area (Å²) in [5, 5.41) is 11.8. The number of carboxylic acid groups (broad SMARTS) is 1. The number of benzene rings is 1. The lowest BCUT2D eigenvalue weighted by atomic mass is 10.1. The van der Waals surface area contributed by atoms with E-state index >= 15 is 0 Å². The second-order valence-electron chi connectivity index (χ2n) is 4.19. The summed E-state index contributed by atoms with van der Waals surface area (Å²) in [4.78, 5) is 10.8. The van der Waals surface area contributed by atoms with Gasteiger partial charge in [-0.25, -0.2) is 9.18 Å². The number of aromatic carboxylic acids is 1. The second kappa shape index (κ2) is 3.66. The van der Waals surface area contributed by atoms with E-state index in [1.807, 2.05) is 6.92 Å². The van der Waals surface area contributed by atoms with Crippen LogP contribution < -0.4 is 11.1 Å². The molecule has 1 aromatic carbocycles. The van der Waals surface area contributed by atoms with Gasteiger partial charge in [-0.1, -0.05) is 6.92 Å². The predicted octanol–water partition coefficient (Wildman–Crippen LogP) is 1.93. The van der Waals surface area contributed by atoms with Gasteiger partial charge in [-0.2, -0.15) is 0 Å². The molecule has 1 saturated carbocycles. The molecule has 1 fully saturated rings. The van der Waals surface area contributed by atoms with Gasteiger partial charge in [0.25, 0.3) is 0 Å². The molecule has 2 atom stereocenters. The van der Waals surface area contributed by atoms with E-state index in [4.69, 9.17) is 10.8 Å². The zero-order chi connectivity index (χ0) is 11.9. The lowest BCUT2D eigenvalue weighted by Gasteiger charge is -2.09. The minimum atomic E-state index is -1.15. The fraction of sp³-hybridized carbons (Fsp3) is 0.364. The summed E-state index contributed by atoms with van der Waals surface area (Å²) in [6.07, 6.45) is 0.978. The van der Waals surface area contributed by atoms with Gasteiger partial charge in [0, 0.05) is 11.7 Å². The maximum atomic E-state index is 13.5. The molecule has 0 aromatic heterocycles. The quantitative estimate of drug-likeness (QED) is 0.686. The number of rotatable bonds is 3. The SMILES string of the molecule is CC1CC1Nc1cc(C(=O)O)c(N)cc1F. The highest BCUT2D eigenvalue weighted by Gasteiger charge is 2.33. The number of nitrogens with one attached hydrogen (secondary N) is 1. The predicted molar refractivity (Wildman–Crippen MR) is 59.0 cm³/mol. The Labute approximate surface area is 92.3 Å². The van der Waals surface area contributed by atoms with Crippen molar-refractivity contribution in [3.8, 4) is 0 Å². The van der Waals surface area contributed by atoms with E-state index in [1.165, 1.54) is 6.07 Å². The summed E-state index contributed by atoms with van der Waals surface area (Å²) in [6, 6.07) is 2.52. The molecule has 16 heavy (non-hydrogen) atoms. The van der Waals surface area contributed by atoms with Crippen LogP contribution in [-0.4, -0.2) is 17.1 Å². The van der Waals surface area contributed by atoms with Crippen LogP contribution in [0.25, 0.3) is 0 Å². The Kier molecular flexibility index (Phi) is 2.46. The third-order valence-corrected chi connectivity index (χ3v) is 2.82. The number of hydrogen-bond donors (Lipinski definition) is 3. The first-order valence-electron chi connectivity index (χ1n) is 5.08. The Balaban J connectivity index is 2.29. The summed E-state index contributed by atoms with van der Waals surface area (Å²) in [6.45, 7) is 2.05. The zero-order valence-electron chi connectivity index (χ0n) is 8.83. The molecule has 1 aromatic rings. The molecule has 1 aliphatic carbocycles. The smallest absolute Gasteiger partial charge is 0.337 e. The maximum absolute atomic E-state index is 13.5. The number of nitrogen functional groups attached to an aromatic ring is 1. The summed E-state index contributed by atoms with van der Waals surface area (Å²) < 4.78 is 13.5. The third-order valence-electron chi connectivity index (χ3n) is 2.82. The van der Waals surface area contributed by atoms with E-state index in [9.17, 15) is 9.18 Å². The fourth-order valence-corrected chi connectivity index (χ4v) is 1.61. The minimum absolute atomic E-state index is 0.0561. The molecule has 0 radical (unpaired) electrons. The lowest BCUT2D eigenvalue weighted by molar-refractivity contribution is 0.0698. The van der Waals surface area contributed by atoms with Crippen LogP contribution in [0.4, 0.5) is 15.8 Å². The molecule has 0 spiro atoms. The van der Waals surface area contributed by atoms with Crippen LogP contribution >= 0.6 is 0 Å². The van der Waals surface area contributed by atoms with Gasteiger partial charge in [0.2, 0.25) is 0 Å². The molecule has 0 bridgehead atoms. The summed E-state index contributed by atoms with van der Waals surface area (Å²) in [7, 11) is 0. The van der Waals surface area contributed by atoms with Crippen LogP contribution in [0, 0.1) is 11.7 Å². The van der Waals surface area contributed by atoms with Crippen LogP contribution in [0.15, 0.2) is 12.1 Å². The van der Waals surface area contributed by atoms with Crippen molar-refractivity contribution < 1.29 is 14.3 Å². The standard InChI is InChI=1S/C11H13FN2O2/c1-5-2-9(5)14-10-3-6(11(15)16)8(13)4-7(10)12/h3-5,9,14H,2,13H2,1H3,(H,15,16). The van der Waals surface area contributed by atoms with Gasteiger partial charge in [0.05, 0.1) is 11.3 Å². The van der Waals surface area contributed by atoms with Gasteiger partial charge in [-0.3, -0.25) is 0 Å². The van der Waals surface area contributed by atoms with Gasteiger partial charge in [-0.15, -0.1) is 0 Å². The number of hydrogen-bond acceptors (Lipinski definition) is 3. The van der Waals surface area contributed by atoms with Crippen molar-refractivity contribution in [3.63, 3.8) is 0 Å². The average Bonchev–Trinajstić information content (AvgIpc) is 2.86. The van der Waals surface area contributed by atoms with Crippen molar-refractivity contribution in [1.82, 2.24) is 0 Å². The highest BCUT2D eigenvalue weighted by molar-refractivity contribution is 5.94. The number of halogens is 1. The van der Waals surface area contributed by atoms with Crippen LogP contribution in [0.2, 0.25) is 0 Å². The minimum Gasteiger partial charge on any atom is -0.478 e. The average molecular weight is 224 g/mol. The summed E-state index contributed by atoms with van der Waals surface area (Å²) in [5.41, 5.74) is 5.50. The molecular weight excluding hydrogens is 211 g/mol. The normalized spacial score (nSPS) is 22.9. The van der Waals surface area contributed by atoms with Crippen molar-refractivity contribution >= 4 is 17.3 Å². The fourth-order valence-electron chi connectivity index (χ4n) is 1.61. The second-order valence-corrected chi connectivity index (χ2v) is 4.19. The first-order valence-corrected chi connectivity index (χ1v) is 5.08. The topological polar surface area (TPSA) is 75.3 Å². The molecule has 0 saturated heterocycles. The Bertz CT molecular complexity index is 448. The van der Waals surface area contributed by atoms with Gasteiger partial charge in [0.15, 0.2) is 0 Å². The van der Waals surface area contributed by atoms with Crippen LogP contribution in [0.3, 0.4) is 0 Å². The van der Waals surface area contributed by atoms with Gasteiger partial charge >= 0.3 is 5.97 Å². The number of anilines is 2. The van der Waals surface area contributed by atoms with Crippen molar-refractivity contribution in [3.05, 3.63) is 23.5 Å². The highest BCUT2D eigenvalue weighted by atomic mass is 19.1. The molecule has 1 aliphatic rings. The molecule has 4 nitrogen and oxygen atoms in total. The van der Waals surface area contributed by atoms with E-state index in [2.05, 4.69) is 5.32 Å². The molecule has 0 heterocycles. The molecule has 4 N–H and O–H groups in total. The van der Waals surface area contributed by atoms with Gasteiger partial charge in [0.1, 0.15) is 5.82 Å². The maximum Gasteiger partial charge on any atom is 0.337 e. The van der Waals surface area contributed by atoms with Crippen LogP contribution in [0.1, 0.15) is 23.7 Å². The summed E-state index contributed by atoms with van der Waals surface area (Å²) >= 11 is 0. The Morgan fingerprint density at radius 2 is 2.25 bits per heavy atom. The molecule has 0 aliphatic heterocycles. The third kappa shape index (κ3) is 1.93. The zero-order valence-corrected chi connectivity index (χ0v) is 8.83. The van der Waals surface area contributed by atoms with Crippen molar-refractivity contribution in [2.24, 2.45) is 5.92 Å². The molecule has 2 rings (SSSR count). The van der Waals surface area contributed by atoms with Crippen LogP contribution in [0.5, 0.6) is 0 Å². The molecule has 2 unspecified atom stereocenters. The van der Waals surface area contributed by atoms with E-state index in [1.54, 1.807) is 0 Å². The van der Waals surface area contributed by atoms with Gasteiger partial charge < -0.3 is 16.2 Å². The molecule has 0 amide bonds. The number of carbonyl (C=O) groups is 1. The van der Waals surface area contributed by atoms with E-state index in [0.717, 1.165) is 12.5 Å². The first-order chi connectivity index (χ1) is 7.49. The Hall–Kier alpha value is -1.78. The summed E-state index contributed by atoms with van der Waals surface area (Å²) in [5.74, 6) is -1.16. The Morgan fingerprint density at radius 3 is 2.75 bits per heavy atom. The molecule has 5 heteroatoms. The lowest BCUT2D eigenvalue weighted by Crippen LogP contribution is -2.09. The molecule has 86 valence electrons. The Morgan fingerprint density at radius 1 is 1.62 bits per heavy atom. The number of nitrogens with two attached hydrogens (primary N) is 1. The van der Waals surface area contributed by atoms with Crippen molar-refractivity contribution in [2.45, 2.75) is 19.4 Å². The molecular formula is C11H13FN2O2. The van der Waals surface area contributed by atoms with Crippen molar-refractivity contribution in [2.75, 3.05) is 11.1 Å². The van der Waals surface area contributed by atoms with E-state index < -0.39 is 11.8 Å². The first kappa shape index (κ1) is 10.7. The van der Waals surface area contributed by atoms with E-state index in [0.29, 0.717) is 5.92 Å². The highest BCUT2D eigenvalue weighted by Crippen LogP contribution is 2.34. The number of carboxylic acids is 1. The monoisotopic (exact) mass is 224 g/mol. The van der Waals surface area contributed by atoms with Gasteiger partial charge in [-0.05, 0) is 24.5 Å². The van der Waals surface area contributed by atoms with Crippen molar-refractivity contribution in [1.29, 1.82) is 0 Å². The largest absolute Gasteiger partial charge is 0.478 e. The van der Waals surface area contributed by atoms with Crippen LogP contribution in [-0.2, 0) is 0 Å². The van der Waals surface area contributed by atoms with E-state index in [-0.39, 0.29) is 23.0 Å².